The van der Waals surface area contributed by atoms with Crippen LogP contribution in [-0.4, -0.2) is 18.4 Å². The first-order chi connectivity index (χ1) is 9.19. The minimum absolute atomic E-state index is 0.222. The van der Waals surface area contributed by atoms with Gasteiger partial charge in [-0.2, -0.15) is 0 Å². The first-order valence-electron chi connectivity index (χ1n) is 6.99. The molecule has 0 bridgehead atoms. The highest BCUT2D eigenvalue weighted by molar-refractivity contribution is 6.40. The smallest absolute Gasteiger partial charge is 0.379 e. The summed E-state index contributed by atoms with van der Waals surface area (Å²) >= 11 is 0. The Kier molecular flexibility index (Phi) is 6.86. The van der Waals surface area contributed by atoms with Crippen molar-refractivity contribution in [2.24, 2.45) is 0 Å². The van der Waals surface area contributed by atoms with Gasteiger partial charge in [0, 0.05) is 5.56 Å². The summed E-state index contributed by atoms with van der Waals surface area (Å²) < 4.78 is 4.69. The zero-order valence-electron chi connectivity index (χ0n) is 11.8. The fraction of sp³-hybridized carbons (Fsp3) is 0.500. The Morgan fingerprint density at radius 1 is 1.00 bits per heavy atom. The number of ether oxygens (including phenoxy) is 1. The van der Waals surface area contributed by atoms with Crippen LogP contribution in [0.1, 0.15) is 55.5 Å². The number of unbranched alkanes of at least 4 members (excludes halogenated alkanes) is 3. The molecule has 0 N–H and O–H groups in total. The number of rotatable bonds is 8. The molecule has 0 atom stereocenters. The molecule has 0 aliphatic rings. The molecule has 0 aliphatic carbocycles. The third-order valence-corrected chi connectivity index (χ3v) is 3.00. The average molecular weight is 262 g/mol. The van der Waals surface area contributed by atoms with Crippen LogP contribution < -0.4 is 0 Å². The highest BCUT2D eigenvalue weighted by atomic mass is 16.5. The van der Waals surface area contributed by atoms with Crippen molar-refractivity contribution in [3.05, 3.63) is 35.4 Å². The van der Waals surface area contributed by atoms with Gasteiger partial charge in [0.1, 0.15) is 0 Å². The van der Waals surface area contributed by atoms with E-state index in [0.717, 1.165) is 6.42 Å². The van der Waals surface area contributed by atoms with Gasteiger partial charge in [-0.1, -0.05) is 50.5 Å². The normalized spacial score (nSPS) is 10.2. The van der Waals surface area contributed by atoms with Gasteiger partial charge in [-0.3, -0.25) is 4.79 Å². The topological polar surface area (TPSA) is 43.4 Å². The van der Waals surface area contributed by atoms with Crippen LogP contribution in [0.5, 0.6) is 0 Å². The van der Waals surface area contributed by atoms with Gasteiger partial charge in [0.15, 0.2) is 0 Å². The highest BCUT2D eigenvalue weighted by Gasteiger charge is 2.16. The van der Waals surface area contributed by atoms with E-state index in [-0.39, 0.29) is 6.61 Å². The molecule has 0 saturated heterocycles. The van der Waals surface area contributed by atoms with Gasteiger partial charge in [-0.25, -0.2) is 4.79 Å². The molecule has 3 heteroatoms. The largest absolute Gasteiger partial charge is 0.460 e. The molecule has 1 aromatic rings. The van der Waals surface area contributed by atoms with Crippen molar-refractivity contribution in [2.45, 2.75) is 46.0 Å². The van der Waals surface area contributed by atoms with Crippen molar-refractivity contribution < 1.29 is 14.3 Å². The lowest BCUT2D eigenvalue weighted by Gasteiger charge is -2.04. The Morgan fingerprint density at radius 3 is 2.26 bits per heavy atom. The second-order valence-electron chi connectivity index (χ2n) is 4.56. The Bertz CT molecular complexity index is 407. The van der Waals surface area contributed by atoms with Gasteiger partial charge in [0.05, 0.1) is 6.61 Å². The summed E-state index contributed by atoms with van der Waals surface area (Å²) in [7, 11) is 0. The molecule has 0 aromatic heterocycles. The van der Waals surface area contributed by atoms with E-state index in [1.54, 1.807) is 19.1 Å². The number of benzene rings is 1. The second kappa shape index (κ2) is 8.46. The van der Waals surface area contributed by atoms with Crippen LogP contribution in [-0.2, 0) is 16.0 Å². The summed E-state index contributed by atoms with van der Waals surface area (Å²) in [5, 5.41) is 0. The van der Waals surface area contributed by atoms with Gasteiger partial charge in [0.2, 0.25) is 0 Å². The first-order valence-corrected chi connectivity index (χ1v) is 6.99. The number of Topliss-reactive ketones (excluding diaryl/α,β-unsaturated/α-hetero) is 1. The predicted molar refractivity (Wildman–Crippen MR) is 75.3 cm³/mol. The molecule has 1 rings (SSSR count). The van der Waals surface area contributed by atoms with Crippen molar-refractivity contribution in [1.82, 2.24) is 0 Å². The van der Waals surface area contributed by atoms with E-state index in [9.17, 15) is 9.59 Å². The maximum absolute atomic E-state index is 11.7. The molecule has 0 amide bonds. The highest BCUT2D eigenvalue weighted by Crippen LogP contribution is 2.10. The van der Waals surface area contributed by atoms with Crippen LogP contribution in [0.3, 0.4) is 0 Å². The van der Waals surface area contributed by atoms with Gasteiger partial charge in [-0.05, 0) is 25.3 Å². The van der Waals surface area contributed by atoms with Crippen LogP contribution in [0.2, 0.25) is 0 Å². The van der Waals surface area contributed by atoms with Crippen LogP contribution in [0.25, 0.3) is 0 Å². The summed E-state index contributed by atoms with van der Waals surface area (Å²) in [5.41, 5.74) is 1.60. The summed E-state index contributed by atoms with van der Waals surface area (Å²) in [6.07, 6.45) is 5.92. The van der Waals surface area contributed by atoms with Crippen LogP contribution in [0.4, 0.5) is 0 Å². The van der Waals surface area contributed by atoms with Crippen molar-refractivity contribution in [1.29, 1.82) is 0 Å². The molecule has 0 aliphatic heterocycles. The predicted octanol–water partition coefficient (Wildman–Crippen LogP) is 3.56. The number of aryl methyl sites for hydroxylation is 1. The maximum atomic E-state index is 11.7. The average Bonchev–Trinajstić information content (AvgIpc) is 2.44. The monoisotopic (exact) mass is 262 g/mol. The van der Waals surface area contributed by atoms with E-state index in [1.165, 1.54) is 31.2 Å². The second-order valence-corrected chi connectivity index (χ2v) is 4.56. The molecule has 104 valence electrons. The van der Waals surface area contributed by atoms with E-state index in [4.69, 9.17) is 4.74 Å². The lowest BCUT2D eigenvalue weighted by molar-refractivity contribution is -0.137. The molecule has 3 nitrogen and oxygen atoms in total. The van der Waals surface area contributed by atoms with E-state index in [0.29, 0.717) is 5.56 Å². The molecular weight excluding hydrogens is 240 g/mol. The summed E-state index contributed by atoms with van der Waals surface area (Å²) in [6.45, 7) is 4.10. The maximum Gasteiger partial charge on any atom is 0.379 e. The number of hydrogen-bond acceptors (Lipinski definition) is 3. The Labute approximate surface area is 115 Å². The molecule has 1 aromatic carbocycles. The van der Waals surface area contributed by atoms with Crippen molar-refractivity contribution in [2.75, 3.05) is 6.61 Å². The first kappa shape index (κ1) is 15.4. The Morgan fingerprint density at radius 2 is 1.68 bits per heavy atom. The number of hydrogen-bond donors (Lipinski definition) is 0. The molecule has 0 saturated carbocycles. The fourth-order valence-corrected chi connectivity index (χ4v) is 1.89. The van der Waals surface area contributed by atoms with Gasteiger partial charge < -0.3 is 4.74 Å². The minimum Gasteiger partial charge on any atom is -0.460 e. The number of carbonyl (C=O) groups is 2. The van der Waals surface area contributed by atoms with Gasteiger partial charge >= 0.3 is 5.97 Å². The fourth-order valence-electron chi connectivity index (χ4n) is 1.89. The van der Waals surface area contributed by atoms with Gasteiger partial charge in [-0.15, -0.1) is 0 Å². The number of ketones is 1. The molecule has 0 fully saturated rings. The number of esters is 1. The third-order valence-electron chi connectivity index (χ3n) is 3.00. The molecule has 0 heterocycles. The lowest BCUT2D eigenvalue weighted by atomic mass is 10.0. The van der Waals surface area contributed by atoms with E-state index < -0.39 is 11.8 Å². The Hall–Kier alpha value is -1.64. The zero-order valence-corrected chi connectivity index (χ0v) is 11.8. The van der Waals surface area contributed by atoms with Crippen molar-refractivity contribution in [3.63, 3.8) is 0 Å². The standard InChI is InChI=1S/C16H22O3/c1-3-5-6-7-8-13-9-11-14(12-10-13)15(17)16(18)19-4-2/h9-12H,3-8H2,1-2H3. The zero-order chi connectivity index (χ0) is 14.1. The van der Waals surface area contributed by atoms with Crippen LogP contribution in [0.15, 0.2) is 24.3 Å². The minimum atomic E-state index is -0.779. The van der Waals surface area contributed by atoms with E-state index in [2.05, 4.69) is 6.92 Å². The quantitative estimate of drug-likeness (QED) is 0.311. The third kappa shape index (κ3) is 5.25. The molecule has 0 spiro atoms. The Balaban J connectivity index is 2.51. The summed E-state index contributed by atoms with van der Waals surface area (Å²) in [4.78, 5) is 23.0. The molecular formula is C16H22O3. The molecule has 0 unspecified atom stereocenters. The van der Waals surface area contributed by atoms with Gasteiger partial charge in [0.25, 0.3) is 5.78 Å². The van der Waals surface area contributed by atoms with E-state index >= 15 is 0 Å². The number of carbonyl (C=O) groups excluding carboxylic acids is 2. The summed E-state index contributed by atoms with van der Waals surface area (Å²) in [6, 6.07) is 7.24. The van der Waals surface area contributed by atoms with Crippen LogP contribution >= 0.6 is 0 Å². The van der Waals surface area contributed by atoms with E-state index in [1.807, 2.05) is 12.1 Å². The van der Waals surface area contributed by atoms with Crippen molar-refractivity contribution >= 4 is 11.8 Å². The molecule has 19 heavy (non-hydrogen) atoms. The summed E-state index contributed by atoms with van der Waals surface area (Å²) in [5.74, 6) is -1.35. The van der Waals surface area contributed by atoms with Crippen LogP contribution in [0, 0.1) is 0 Å². The SMILES string of the molecule is CCCCCCc1ccc(C(=O)C(=O)OCC)cc1. The van der Waals surface area contributed by atoms with Crippen molar-refractivity contribution in [3.8, 4) is 0 Å². The molecule has 0 radical (unpaired) electrons. The lowest BCUT2D eigenvalue weighted by Crippen LogP contribution is -2.17.